The maximum Gasteiger partial charge on any atom is 0.152 e. The number of ether oxygens (including phenoxy) is 2. The van der Waals surface area contributed by atoms with Crippen molar-refractivity contribution in [3.05, 3.63) is 130 Å². The third kappa shape index (κ3) is 9.56. The second kappa shape index (κ2) is 18.8. The Morgan fingerprint density at radius 3 is 1.90 bits per heavy atom. The van der Waals surface area contributed by atoms with E-state index in [1.165, 1.54) is 17.7 Å². The maximum atomic E-state index is 15.5. The van der Waals surface area contributed by atoms with Gasteiger partial charge in [0.1, 0.15) is 23.3 Å². The fraction of sp³-hybridized carbons (Fsp3) is 0.306. The highest BCUT2D eigenvalue weighted by atomic mass is 35.5. The monoisotopic (exact) mass is 877 g/mol. The van der Waals surface area contributed by atoms with Crippen LogP contribution >= 0.6 is 11.6 Å². The molecule has 6 heterocycles. The SMILES string of the molecule is Cc1c(-c2ccc(CC(C)C)cc2)nc2cc(F)cc(F)c2c1Nc1cc(N2CCOCC2)cnc1N1CCOCC1.Cc1ccc(-c2nc3cc(F)cc(F)c3c(Cl)c2C)nc1. The van der Waals surface area contributed by atoms with E-state index in [0.29, 0.717) is 73.8 Å². The van der Waals surface area contributed by atoms with Crippen molar-refractivity contribution in [2.45, 2.75) is 41.0 Å². The molecule has 0 bridgehead atoms. The van der Waals surface area contributed by atoms with E-state index >= 15 is 4.39 Å². The third-order valence-electron chi connectivity index (χ3n) is 11.2. The molecule has 326 valence electrons. The Labute approximate surface area is 369 Å². The number of morpholine rings is 2. The number of rotatable bonds is 8. The van der Waals surface area contributed by atoms with Gasteiger partial charge in [-0.3, -0.25) is 4.98 Å². The molecule has 4 aromatic heterocycles. The average molecular weight is 878 g/mol. The molecule has 2 aliphatic heterocycles. The Morgan fingerprint density at radius 2 is 1.29 bits per heavy atom. The Balaban J connectivity index is 0.000000217. The first kappa shape index (κ1) is 43.7. The molecule has 2 fully saturated rings. The number of halogens is 5. The number of fused-ring (bicyclic) bond motifs is 2. The van der Waals surface area contributed by atoms with Gasteiger partial charge in [-0.2, -0.15) is 0 Å². The minimum absolute atomic E-state index is 0.131. The molecule has 0 radical (unpaired) electrons. The minimum Gasteiger partial charge on any atom is -0.378 e. The minimum atomic E-state index is -0.714. The van der Waals surface area contributed by atoms with Crippen LogP contribution in [-0.4, -0.2) is 72.5 Å². The summed E-state index contributed by atoms with van der Waals surface area (Å²) in [6.45, 7) is 15.4. The summed E-state index contributed by atoms with van der Waals surface area (Å²) < 4.78 is 68.4. The van der Waals surface area contributed by atoms with Gasteiger partial charge in [-0.25, -0.2) is 32.5 Å². The number of aromatic nitrogens is 4. The molecule has 9 nitrogen and oxygen atoms in total. The molecular formula is C49H48ClF4N7O2. The molecule has 14 heteroatoms. The molecule has 9 rings (SSSR count). The Bertz CT molecular complexity index is 2780. The predicted molar refractivity (Wildman–Crippen MR) is 243 cm³/mol. The summed E-state index contributed by atoms with van der Waals surface area (Å²) >= 11 is 6.24. The smallest absolute Gasteiger partial charge is 0.152 e. The van der Waals surface area contributed by atoms with Gasteiger partial charge in [0.15, 0.2) is 5.82 Å². The van der Waals surface area contributed by atoms with Crippen LogP contribution in [0.5, 0.6) is 0 Å². The van der Waals surface area contributed by atoms with E-state index in [0.717, 1.165) is 65.5 Å². The van der Waals surface area contributed by atoms with Gasteiger partial charge in [0.25, 0.3) is 0 Å². The van der Waals surface area contributed by atoms with E-state index in [2.05, 4.69) is 57.1 Å². The van der Waals surface area contributed by atoms with Gasteiger partial charge in [-0.05, 0) is 67.5 Å². The largest absolute Gasteiger partial charge is 0.378 e. The van der Waals surface area contributed by atoms with Crippen molar-refractivity contribution in [1.29, 1.82) is 0 Å². The van der Waals surface area contributed by atoms with Crippen molar-refractivity contribution in [2.24, 2.45) is 5.92 Å². The Kier molecular flexibility index (Phi) is 13.1. The van der Waals surface area contributed by atoms with Crippen LogP contribution in [0.2, 0.25) is 5.02 Å². The molecule has 0 spiro atoms. The molecule has 7 aromatic rings. The quantitative estimate of drug-likeness (QED) is 0.150. The van der Waals surface area contributed by atoms with Crippen molar-refractivity contribution in [2.75, 3.05) is 67.7 Å². The lowest BCUT2D eigenvalue weighted by atomic mass is 9.98. The fourth-order valence-electron chi connectivity index (χ4n) is 8.03. The summed E-state index contributed by atoms with van der Waals surface area (Å²) in [4.78, 5) is 22.7. The third-order valence-corrected chi connectivity index (χ3v) is 11.7. The highest BCUT2D eigenvalue weighted by Crippen LogP contribution is 2.40. The number of nitrogens with one attached hydrogen (secondary N) is 1. The topological polar surface area (TPSA) is 88.5 Å². The fourth-order valence-corrected chi connectivity index (χ4v) is 8.30. The summed E-state index contributed by atoms with van der Waals surface area (Å²) in [5, 5.41) is 4.17. The van der Waals surface area contributed by atoms with Gasteiger partial charge in [0.2, 0.25) is 0 Å². The molecule has 2 aliphatic rings. The first-order valence-corrected chi connectivity index (χ1v) is 21.4. The number of pyridine rings is 4. The summed E-state index contributed by atoms with van der Waals surface area (Å²) in [6, 6.07) is 18.2. The molecule has 0 saturated carbocycles. The zero-order valence-corrected chi connectivity index (χ0v) is 36.6. The van der Waals surface area contributed by atoms with E-state index in [1.54, 1.807) is 13.1 Å². The van der Waals surface area contributed by atoms with Crippen molar-refractivity contribution in [3.63, 3.8) is 0 Å². The van der Waals surface area contributed by atoms with Crippen LogP contribution in [0.4, 0.5) is 40.4 Å². The van der Waals surface area contributed by atoms with Gasteiger partial charge in [0.05, 0.1) is 93.6 Å². The molecular weight excluding hydrogens is 830 g/mol. The molecule has 0 unspecified atom stereocenters. The molecule has 2 saturated heterocycles. The lowest BCUT2D eigenvalue weighted by Gasteiger charge is -2.32. The molecule has 1 N–H and O–H groups in total. The second-order valence-corrected chi connectivity index (χ2v) is 16.7. The molecule has 3 aromatic carbocycles. The van der Waals surface area contributed by atoms with Crippen LogP contribution in [0.25, 0.3) is 44.5 Å². The number of aryl methyl sites for hydroxylation is 1. The summed E-state index contributed by atoms with van der Waals surface area (Å²) in [5.41, 5.74) is 9.05. The van der Waals surface area contributed by atoms with Gasteiger partial charge < -0.3 is 24.6 Å². The van der Waals surface area contributed by atoms with Gasteiger partial charge in [0, 0.05) is 62.2 Å². The Hall–Kier alpha value is -5.89. The van der Waals surface area contributed by atoms with Crippen molar-refractivity contribution >= 4 is 56.3 Å². The lowest BCUT2D eigenvalue weighted by Crippen LogP contribution is -2.38. The highest BCUT2D eigenvalue weighted by Gasteiger charge is 2.24. The molecule has 0 aliphatic carbocycles. The summed E-state index contributed by atoms with van der Waals surface area (Å²) in [7, 11) is 0. The maximum absolute atomic E-state index is 15.5. The van der Waals surface area contributed by atoms with Crippen LogP contribution in [0.1, 0.15) is 36.1 Å². The second-order valence-electron chi connectivity index (χ2n) is 16.3. The van der Waals surface area contributed by atoms with Crippen LogP contribution in [0.15, 0.2) is 79.1 Å². The Morgan fingerprint density at radius 1 is 0.683 bits per heavy atom. The summed E-state index contributed by atoms with van der Waals surface area (Å²) in [6.07, 6.45) is 4.57. The first-order valence-electron chi connectivity index (χ1n) is 21.0. The van der Waals surface area contributed by atoms with Crippen LogP contribution in [-0.2, 0) is 15.9 Å². The normalized spacial score (nSPS) is 14.3. The predicted octanol–water partition coefficient (Wildman–Crippen LogP) is 11.3. The van der Waals surface area contributed by atoms with Crippen LogP contribution < -0.4 is 15.1 Å². The molecule has 0 amide bonds. The summed E-state index contributed by atoms with van der Waals surface area (Å²) in [5.74, 6) is -1.41. The van der Waals surface area contributed by atoms with E-state index in [9.17, 15) is 13.2 Å². The van der Waals surface area contributed by atoms with Gasteiger partial charge in [-0.15, -0.1) is 0 Å². The van der Waals surface area contributed by atoms with Crippen molar-refractivity contribution in [3.8, 4) is 22.6 Å². The van der Waals surface area contributed by atoms with E-state index in [1.807, 2.05) is 44.3 Å². The molecule has 0 atom stereocenters. The number of nitrogens with zero attached hydrogens (tertiary/aromatic N) is 6. The van der Waals surface area contributed by atoms with Crippen molar-refractivity contribution < 1.29 is 27.0 Å². The van der Waals surface area contributed by atoms with E-state index in [4.69, 9.17) is 31.0 Å². The van der Waals surface area contributed by atoms with Crippen molar-refractivity contribution in [1.82, 2.24) is 19.9 Å². The highest BCUT2D eigenvalue weighted by molar-refractivity contribution is 6.36. The zero-order chi connectivity index (χ0) is 44.4. The van der Waals surface area contributed by atoms with Crippen LogP contribution in [0, 0.1) is 50.0 Å². The van der Waals surface area contributed by atoms with Crippen LogP contribution in [0.3, 0.4) is 0 Å². The lowest BCUT2D eigenvalue weighted by molar-refractivity contribution is 0.122. The number of benzene rings is 3. The standard InChI is InChI=1S/C33H37F2N5O2.C16H11ClF2N2/c1-21(2)16-23-4-6-24(7-5-23)31-22(3)32(30-27(35)17-25(34)18-28(30)37-31)38-29-19-26(39-8-12-41-13-9-39)20-36-33(29)40-10-14-42-15-11-40;1-8-3-4-12(20-7-8)16-9(2)15(17)14-11(19)5-10(18)6-13(14)21-16/h4-7,17-21H,8-16H2,1-3H3,(H,37,38);3-7H,1-2H3. The average Bonchev–Trinajstić information content (AvgIpc) is 3.26. The first-order chi connectivity index (χ1) is 30.3. The van der Waals surface area contributed by atoms with Gasteiger partial charge >= 0.3 is 0 Å². The number of hydrogen-bond acceptors (Lipinski definition) is 9. The van der Waals surface area contributed by atoms with E-state index in [-0.39, 0.29) is 26.8 Å². The van der Waals surface area contributed by atoms with Gasteiger partial charge in [-0.1, -0.05) is 55.8 Å². The van der Waals surface area contributed by atoms with E-state index < -0.39 is 23.3 Å². The number of anilines is 4. The zero-order valence-electron chi connectivity index (χ0n) is 35.8. The number of hydrogen-bond donors (Lipinski definition) is 1. The molecule has 63 heavy (non-hydrogen) atoms.